The van der Waals surface area contributed by atoms with Crippen molar-refractivity contribution in [1.82, 2.24) is 10.6 Å². The second-order valence-electron chi connectivity index (χ2n) is 4.12. The molecule has 0 heterocycles. The van der Waals surface area contributed by atoms with Crippen LogP contribution in [0.15, 0.2) is 30.3 Å². The van der Waals surface area contributed by atoms with Crippen LogP contribution in [0.3, 0.4) is 0 Å². The average Bonchev–Trinajstić information content (AvgIpc) is 2.45. The Kier molecular flexibility index (Phi) is 7.81. The van der Waals surface area contributed by atoms with Crippen LogP contribution in [0.2, 0.25) is 0 Å². The Morgan fingerprint density at radius 3 is 2.53 bits per heavy atom. The van der Waals surface area contributed by atoms with Crippen molar-refractivity contribution >= 4 is 5.91 Å². The van der Waals surface area contributed by atoms with Gasteiger partial charge in [0.1, 0.15) is 0 Å². The number of carbonyl (C=O) groups is 1. The molecular formula is C14H22N2O3. The first kappa shape index (κ1) is 15.6. The standard InChI is InChI=1S/C14H22N2O3/c1-18-14(19-2)11-15-10-13(17)16-9-8-12-6-4-3-5-7-12/h3-7,14-15H,8-11H2,1-2H3,(H,16,17). The highest BCUT2D eigenvalue weighted by Gasteiger charge is 2.05. The van der Waals surface area contributed by atoms with Gasteiger partial charge < -0.3 is 20.1 Å². The molecule has 106 valence electrons. The maximum absolute atomic E-state index is 11.5. The van der Waals surface area contributed by atoms with Gasteiger partial charge in [-0.1, -0.05) is 30.3 Å². The van der Waals surface area contributed by atoms with Crippen LogP contribution >= 0.6 is 0 Å². The zero-order chi connectivity index (χ0) is 13.9. The summed E-state index contributed by atoms with van der Waals surface area (Å²) < 4.78 is 10.0. The molecule has 1 amide bonds. The first-order valence-corrected chi connectivity index (χ1v) is 6.33. The molecule has 0 fully saturated rings. The van der Waals surface area contributed by atoms with Gasteiger partial charge in [0, 0.05) is 27.3 Å². The zero-order valence-electron chi connectivity index (χ0n) is 11.5. The average molecular weight is 266 g/mol. The molecule has 0 radical (unpaired) electrons. The highest BCUT2D eigenvalue weighted by atomic mass is 16.7. The van der Waals surface area contributed by atoms with Crippen molar-refractivity contribution in [3.8, 4) is 0 Å². The molecule has 0 aromatic heterocycles. The molecule has 0 spiro atoms. The van der Waals surface area contributed by atoms with E-state index in [4.69, 9.17) is 9.47 Å². The largest absolute Gasteiger partial charge is 0.355 e. The fourth-order valence-corrected chi connectivity index (χ4v) is 1.62. The van der Waals surface area contributed by atoms with Gasteiger partial charge in [0.2, 0.25) is 5.91 Å². The predicted octanol–water partition coefficient (Wildman–Crippen LogP) is 0.554. The molecule has 19 heavy (non-hydrogen) atoms. The Hall–Kier alpha value is -1.43. The summed E-state index contributed by atoms with van der Waals surface area (Å²) in [7, 11) is 3.13. The number of amides is 1. The highest BCUT2D eigenvalue weighted by Crippen LogP contribution is 1.97. The van der Waals surface area contributed by atoms with Crippen molar-refractivity contribution in [1.29, 1.82) is 0 Å². The van der Waals surface area contributed by atoms with Crippen LogP contribution in [-0.2, 0) is 20.7 Å². The number of benzene rings is 1. The van der Waals surface area contributed by atoms with Crippen molar-refractivity contribution in [2.75, 3.05) is 33.9 Å². The molecule has 0 aliphatic rings. The van der Waals surface area contributed by atoms with E-state index in [0.717, 1.165) is 6.42 Å². The first-order valence-electron chi connectivity index (χ1n) is 6.33. The third-order valence-corrected chi connectivity index (χ3v) is 2.70. The minimum atomic E-state index is -0.322. The molecule has 1 rings (SSSR count). The SMILES string of the molecule is COC(CNCC(=O)NCCc1ccccc1)OC. The Balaban J connectivity index is 2.08. The molecule has 0 saturated heterocycles. The van der Waals surface area contributed by atoms with Crippen LogP contribution in [0.5, 0.6) is 0 Å². The van der Waals surface area contributed by atoms with Crippen molar-refractivity contribution in [2.45, 2.75) is 12.7 Å². The number of nitrogens with one attached hydrogen (secondary N) is 2. The quantitative estimate of drug-likeness (QED) is 0.641. The molecule has 0 aliphatic carbocycles. The Bertz CT molecular complexity index is 353. The van der Waals surface area contributed by atoms with Crippen LogP contribution in [0, 0.1) is 0 Å². The van der Waals surface area contributed by atoms with Crippen molar-refractivity contribution in [3.63, 3.8) is 0 Å². The van der Waals surface area contributed by atoms with Crippen LogP contribution in [0.4, 0.5) is 0 Å². The van der Waals surface area contributed by atoms with Gasteiger partial charge in [-0.25, -0.2) is 0 Å². The van der Waals surface area contributed by atoms with E-state index in [1.54, 1.807) is 14.2 Å². The number of methoxy groups -OCH3 is 2. The minimum absolute atomic E-state index is 0.0260. The minimum Gasteiger partial charge on any atom is -0.355 e. The van der Waals surface area contributed by atoms with Gasteiger partial charge in [0.05, 0.1) is 6.54 Å². The third-order valence-electron chi connectivity index (χ3n) is 2.70. The van der Waals surface area contributed by atoms with Gasteiger partial charge in [-0.2, -0.15) is 0 Å². The second kappa shape index (κ2) is 9.49. The van der Waals surface area contributed by atoms with Gasteiger partial charge in [0.25, 0.3) is 0 Å². The smallest absolute Gasteiger partial charge is 0.233 e. The van der Waals surface area contributed by atoms with Gasteiger partial charge >= 0.3 is 0 Å². The first-order chi connectivity index (χ1) is 9.26. The number of rotatable bonds is 9. The molecular weight excluding hydrogens is 244 g/mol. The molecule has 5 nitrogen and oxygen atoms in total. The summed E-state index contributed by atoms with van der Waals surface area (Å²) in [5, 5.41) is 5.83. The third kappa shape index (κ3) is 6.91. The van der Waals surface area contributed by atoms with E-state index in [1.807, 2.05) is 30.3 Å². The van der Waals surface area contributed by atoms with Crippen LogP contribution < -0.4 is 10.6 Å². The van der Waals surface area contributed by atoms with Gasteiger partial charge in [0.15, 0.2) is 6.29 Å². The fourth-order valence-electron chi connectivity index (χ4n) is 1.62. The Labute approximate surface area is 114 Å². The summed E-state index contributed by atoms with van der Waals surface area (Å²) in [6.07, 6.45) is 0.517. The number of hydrogen-bond acceptors (Lipinski definition) is 4. The predicted molar refractivity (Wildman–Crippen MR) is 73.8 cm³/mol. The zero-order valence-corrected chi connectivity index (χ0v) is 11.5. The maximum atomic E-state index is 11.5. The summed E-state index contributed by atoms with van der Waals surface area (Å²) >= 11 is 0. The van der Waals surface area contributed by atoms with E-state index >= 15 is 0 Å². The monoisotopic (exact) mass is 266 g/mol. The van der Waals surface area contributed by atoms with Crippen LogP contribution in [-0.4, -0.2) is 46.1 Å². The van der Waals surface area contributed by atoms with Crippen LogP contribution in [0.1, 0.15) is 5.56 Å². The topological polar surface area (TPSA) is 59.6 Å². The van der Waals surface area contributed by atoms with Crippen molar-refractivity contribution < 1.29 is 14.3 Å². The molecule has 1 aromatic carbocycles. The van der Waals surface area contributed by atoms with E-state index in [2.05, 4.69) is 10.6 Å². The summed E-state index contributed by atoms with van der Waals surface area (Å²) in [4.78, 5) is 11.5. The number of ether oxygens (including phenoxy) is 2. The lowest BCUT2D eigenvalue weighted by atomic mass is 10.1. The molecule has 2 N–H and O–H groups in total. The molecule has 1 aromatic rings. The maximum Gasteiger partial charge on any atom is 0.233 e. The molecule has 0 saturated carbocycles. The second-order valence-corrected chi connectivity index (χ2v) is 4.12. The number of carbonyl (C=O) groups excluding carboxylic acids is 1. The molecule has 0 bridgehead atoms. The lowest BCUT2D eigenvalue weighted by Crippen LogP contribution is -2.38. The summed E-state index contributed by atoms with van der Waals surface area (Å²) in [6.45, 7) is 1.39. The van der Waals surface area contributed by atoms with Crippen LogP contribution in [0.25, 0.3) is 0 Å². The molecule has 0 aliphatic heterocycles. The number of hydrogen-bond donors (Lipinski definition) is 2. The molecule has 0 atom stereocenters. The lowest BCUT2D eigenvalue weighted by molar-refractivity contribution is -0.121. The van der Waals surface area contributed by atoms with E-state index < -0.39 is 0 Å². The molecule has 0 unspecified atom stereocenters. The fraction of sp³-hybridized carbons (Fsp3) is 0.500. The summed E-state index contributed by atoms with van der Waals surface area (Å²) in [5.74, 6) is -0.0260. The summed E-state index contributed by atoms with van der Waals surface area (Å²) in [5.41, 5.74) is 1.22. The van der Waals surface area contributed by atoms with Gasteiger partial charge in [-0.05, 0) is 12.0 Å². The van der Waals surface area contributed by atoms with Gasteiger partial charge in [-0.15, -0.1) is 0 Å². The highest BCUT2D eigenvalue weighted by molar-refractivity contribution is 5.77. The van der Waals surface area contributed by atoms with Gasteiger partial charge in [-0.3, -0.25) is 4.79 Å². The van der Waals surface area contributed by atoms with E-state index in [9.17, 15) is 4.79 Å². The normalized spacial score (nSPS) is 10.7. The van der Waals surface area contributed by atoms with E-state index in [1.165, 1.54) is 5.56 Å². The van der Waals surface area contributed by atoms with Crippen molar-refractivity contribution in [3.05, 3.63) is 35.9 Å². The lowest BCUT2D eigenvalue weighted by Gasteiger charge is -2.13. The Morgan fingerprint density at radius 2 is 1.89 bits per heavy atom. The summed E-state index contributed by atoms with van der Waals surface area (Å²) in [6, 6.07) is 10.1. The van der Waals surface area contributed by atoms with E-state index in [0.29, 0.717) is 13.1 Å². The Morgan fingerprint density at radius 1 is 1.21 bits per heavy atom. The van der Waals surface area contributed by atoms with Crippen molar-refractivity contribution in [2.24, 2.45) is 0 Å². The van der Waals surface area contributed by atoms with E-state index in [-0.39, 0.29) is 18.7 Å². The molecule has 5 heteroatoms.